The van der Waals surface area contributed by atoms with Crippen LogP contribution in [0.4, 0.5) is 5.69 Å². The molecule has 1 saturated heterocycles. The van der Waals surface area contributed by atoms with E-state index in [1.807, 2.05) is 6.20 Å². The molecule has 0 spiro atoms. The largest absolute Gasteiger partial charge is 0.368 e. The van der Waals surface area contributed by atoms with E-state index >= 15 is 0 Å². The van der Waals surface area contributed by atoms with Crippen LogP contribution in [0.15, 0.2) is 41.5 Å². The van der Waals surface area contributed by atoms with E-state index in [0.717, 1.165) is 51.6 Å². The molecular formula is C19H27N5S. The average molecular weight is 358 g/mol. The van der Waals surface area contributed by atoms with Crippen LogP contribution in [0.1, 0.15) is 16.8 Å². The Labute approximate surface area is 154 Å². The van der Waals surface area contributed by atoms with Gasteiger partial charge in [0.2, 0.25) is 0 Å². The Hall–Kier alpha value is -2.08. The number of anilines is 1. The van der Waals surface area contributed by atoms with Crippen LogP contribution in [0.25, 0.3) is 0 Å². The number of aromatic nitrogens is 1. The minimum absolute atomic E-state index is 0.786. The van der Waals surface area contributed by atoms with Gasteiger partial charge in [0.1, 0.15) is 0 Å². The van der Waals surface area contributed by atoms with Crippen molar-refractivity contribution in [3.8, 4) is 0 Å². The molecule has 0 amide bonds. The Bertz CT molecular complexity index is 674. The van der Waals surface area contributed by atoms with Crippen molar-refractivity contribution in [1.82, 2.24) is 15.2 Å². The number of nitrogens with zero attached hydrogens (tertiary/aromatic N) is 4. The number of guanidine groups is 1. The van der Waals surface area contributed by atoms with Crippen LogP contribution in [-0.4, -0.2) is 55.1 Å². The zero-order valence-corrected chi connectivity index (χ0v) is 15.9. The first-order valence-electron chi connectivity index (χ1n) is 9.01. The van der Waals surface area contributed by atoms with E-state index < -0.39 is 0 Å². The van der Waals surface area contributed by atoms with Crippen LogP contribution in [0, 0.1) is 6.92 Å². The van der Waals surface area contributed by atoms with Crippen LogP contribution < -0.4 is 10.2 Å². The van der Waals surface area contributed by atoms with Gasteiger partial charge in [-0.15, -0.1) is 11.3 Å². The number of rotatable bonds is 5. The van der Waals surface area contributed by atoms with Gasteiger partial charge in [-0.25, -0.2) is 4.98 Å². The quantitative estimate of drug-likeness (QED) is 0.660. The molecule has 0 unspecified atom stereocenters. The summed E-state index contributed by atoms with van der Waals surface area (Å²) in [6.07, 6.45) is 2.86. The molecule has 1 fully saturated rings. The van der Waals surface area contributed by atoms with E-state index in [1.165, 1.54) is 15.6 Å². The number of thiazole rings is 1. The van der Waals surface area contributed by atoms with Gasteiger partial charge in [-0.2, -0.15) is 0 Å². The van der Waals surface area contributed by atoms with Gasteiger partial charge in [-0.3, -0.25) is 4.99 Å². The molecule has 25 heavy (non-hydrogen) atoms. The number of para-hydroxylation sites is 1. The molecule has 0 bridgehead atoms. The average Bonchev–Trinajstić information content (AvgIpc) is 3.07. The fourth-order valence-electron chi connectivity index (χ4n) is 3.02. The molecule has 2 heterocycles. The summed E-state index contributed by atoms with van der Waals surface area (Å²) < 4.78 is 0. The van der Waals surface area contributed by atoms with Gasteiger partial charge in [0.25, 0.3) is 0 Å². The second kappa shape index (κ2) is 8.85. The van der Waals surface area contributed by atoms with Crippen molar-refractivity contribution >= 4 is 23.0 Å². The zero-order valence-electron chi connectivity index (χ0n) is 15.1. The molecule has 6 heteroatoms. The molecule has 2 aromatic rings. The predicted molar refractivity (Wildman–Crippen MR) is 107 cm³/mol. The molecule has 3 rings (SSSR count). The number of nitrogens with one attached hydrogen (secondary N) is 1. The topological polar surface area (TPSA) is 43.8 Å². The molecule has 0 radical (unpaired) electrons. The van der Waals surface area contributed by atoms with E-state index in [4.69, 9.17) is 4.99 Å². The lowest BCUT2D eigenvalue weighted by Gasteiger charge is -2.37. The number of aryl methyl sites for hydroxylation is 1. The second-order valence-electron chi connectivity index (χ2n) is 6.16. The Balaban J connectivity index is 1.55. The number of benzene rings is 1. The molecule has 1 N–H and O–H groups in total. The number of piperazine rings is 1. The maximum atomic E-state index is 4.82. The third-order valence-electron chi connectivity index (χ3n) is 4.29. The van der Waals surface area contributed by atoms with Gasteiger partial charge in [0.05, 0.1) is 5.01 Å². The van der Waals surface area contributed by atoms with E-state index in [1.54, 1.807) is 11.3 Å². The highest BCUT2D eigenvalue weighted by molar-refractivity contribution is 7.11. The second-order valence-corrected chi connectivity index (χ2v) is 7.48. The van der Waals surface area contributed by atoms with Gasteiger partial charge >= 0.3 is 0 Å². The number of hydrogen-bond acceptors (Lipinski definition) is 4. The molecule has 134 valence electrons. The van der Waals surface area contributed by atoms with Crippen molar-refractivity contribution in [3.63, 3.8) is 0 Å². The highest BCUT2D eigenvalue weighted by Crippen LogP contribution is 2.16. The molecule has 0 atom stereocenters. The molecule has 1 aromatic carbocycles. The summed E-state index contributed by atoms with van der Waals surface area (Å²) in [6.45, 7) is 9.96. The summed E-state index contributed by atoms with van der Waals surface area (Å²) in [7, 11) is 0. The fourth-order valence-corrected chi connectivity index (χ4v) is 3.79. The molecule has 1 aliphatic rings. The highest BCUT2D eigenvalue weighted by atomic mass is 32.1. The minimum Gasteiger partial charge on any atom is -0.368 e. The Morgan fingerprint density at radius 3 is 2.60 bits per heavy atom. The molecule has 1 aliphatic heterocycles. The summed E-state index contributed by atoms with van der Waals surface area (Å²) in [5.41, 5.74) is 1.31. The van der Waals surface area contributed by atoms with Crippen LogP contribution in [0.5, 0.6) is 0 Å². The standard InChI is InChI=1S/C19H27N5S/c1-3-20-19(21-10-9-18-22-15-16(2)25-18)24-13-11-23(12-14-24)17-7-5-4-6-8-17/h4-8,15H,3,9-14H2,1-2H3,(H,20,21). The van der Waals surface area contributed by atoms with E-state index in [0.29, 0.717) is 0 Å². The predicted octanol–water partition coefficient (Wildman–Crippen LogP) is 2.78. The molecule has 0 saturated carbocycles. The third kappa shape index (κ3) is 4.95. The van der Waals surface area contributed by atoms with Gasteiger partial charge in [-0.1, -0.05) is 18.2 Å². The van der Waals surface area contributed by atoms with Crippen molar-refractivity contribution in [2.75, 3.05) is 44.2 Å². The van der Waals surface area contributed by atoms with Crippen molar-refractivity contribution in [1.29, 1.82) is 0 Å². The summed E-state index contributed by atoms with van der Waals surface area (Å²) >= 11 is 1.77. The lowest BCUT2D eigenvalue weighted by molar-refractivity contribution is 0.372. The van der Waals surface area contributed by atoms with Gasteiger partial charge in [-0.05, 0) is 26.0 Å². The SMILES string of the molecule is CCNC(=NCCc1ncc(C)s1)N1CCN(c2ccccc2)CC1. The van der Waals surface area contributed by atoms with Crippen molar-refractivity contribution in [2.45, 2.75) is 20.3 Å². The van der Waals surface area contributed by atoms with Crippen molar-refractivity contribution in [3.05, 3.63) is 46.4 Å². The zero-order chi connectivity index (χ0) is 17.5. The minimum atomic E-state index is 0.786. The summed E-state index contributed by atoms with van der Waals surface area (Å²) in [4.78, 5) is 15.3. The Morgan fingerprint density at radius 2 is 1.96 bits per heavy atom. The lowest BCUT2D eigenvalue weighted by atomic mass is 10.2. The van der Waals surface area contributed by atoms with Crippen molar-refractivity contribution < 1.29 is 0 Å². The number of aliphatic imine (C=N–C) groups is 1. The molecular weight excluding hydrogens is 330 g/mol. The molecule has 1 aromatic heterocycles. The van der Waals surface area contributed by atoms with Gasteiger partial charge in [0.15, 0.2) is 5.96 Å². The third-order valence-corrected chi connectivity index (χ3v) is 5.26. The maximum Gasteiger partial charge on any atom is 0.194 e. The van der Waals surface area contributed by atoms with Crippen LogP contribution in [0.3, 0.4) is 0 Å². The lowest BCUT2D eigenvalue weighted by Crippen LogP contribution is -2.52. The Kier molecular flexibility index (Phi) is 6.28. The van der Waals surface area contributed by atoms with Crippen LogP contribution >= 0.6 is 11.3 Å². The summed E-state index contributed by atoms with van der Waals surface area (Å²) in [5, 5.41) is 4.61. The maximum absolute atomic E-state index is 4.82. The summed E-state index contributed by atoms with van der Waals surface area (Å²) in [6, 6.07) is 10.6. The summed E-state index contributed by atoms with van der Waals surface area (Å²) in [5.74, 6) is 1.03. The molecule has 5 nitrogen and oxygen atoms in total. The smallest absolute Gasteiger partial charge is 0.194 e. The first kappa shape index (κ1) is 17.7. The molecule has 0 aliphatic carbocycles. The monoisotopic (exact) mass is 357 g/mol. The van der Waals surface area contributed by atoms with Crippen LogP contribution in [-0.2, 0) is 6.42 Å². The van der Waals surface area contributed by atoms with Crippen molar-refractivity contribution in [2.24, 2.45) is 4.99 Å². The normalized spacial score (nSPS) is 15.5. The van der Waals surface area contributed by atoms with Crippen LogP contribution in [0.2, 0.25) is 0 Å². The van der Waals surface area contributed by atoms with Gasteiger partial charge in [0, 0.05) is 62.5 Å². The fraction of sp³-hybridized carbons (Fsp3) is 0.474. The highest BCUT2D eigenvalue weighted by Gasteiger charge is 2.19. The Morgan fingerprint density at radius 1 is 1.20 bits per heavy atom. The first-order chi connectivity index (χ1) is 12.3. The van der Waals surface area contributed by atoms with E-state index in [2.05, 4.69) is 64.3 Å². The number of hydrogen-bond donors (Lipinski definition) is 1. The van der Waals surface area contributed by atoms with Gasteiger partial charge < -0.3 is 15.1 Å². The van der Waals surface area contributed by atoms with E-state index in [9.17, 15) is 0 Å². The van der Waals surface area contributed by atoms with E-state index in [-0.39, 0.29) is 0 Å². The first-order valence-corrected chi connectivity index (χ1v) is 9.82.